The zero-order chi connectivity index (χ0) is 20.4. The number of hydrogen-bond acceptors (Lipinski definition) is 5. The second-order valence-corrected chi connectivity index (χ2v) is 7.60. The molecule has 1 heterocycles. The van der Waals surface area contributed by atoms with Gasteiger partial charge in [-0.05, 0) is 30.5 Å². The lowest BCUT2D eigenvalue weighted by Gasteiger charge is -2.23. The van der Waals surface area contributed by atoms with Gasteiger partial charge in [0, 0.05) is 39.4 Å². The molecule has 1 saturated carbocycles. The number of amides is 5. The number of urea groups is 1. The summed E-state index contributed by atoms with van der Waals surface area (Å²) >= 11 is 0. The number of carbonyl (C=O) groups is 4. The first kappa shape index (κ1) is 19.9. The van der Waals surface area contributed by atoms with Crippen molar-refractivity contribution in [1.29, 1.82) is 0 Å². The van der Waals surface area contributed by atoms with Gasteiger partial charge in [-0.3, -0.25) is 19.3 Å². The maximum Gasteiger partial charge on any atom is 0.334 e. The van der Waals surface area contributed by atoms with E-state index in [9.17, 15) is 19.2 Å². The van der Waals surface area contributed by atoms with Crippen molar-refractivity contribution in [2.24, 2.45) is 0 Å². The molecule has 2 aliphatic rings. The van der Waals surface area contributed by atoms with Gasteiger partial charge in [0.15, 0.2) is 0 Å². The van der Waals surface area contributed by atoms with Crippen molar-refractivity contribution in [1.82, 2.24) is 14.7 Å². The zero-order valence-corrected chi connectivity index (χ0v) is 16.6. The molecule has 0 N–H and O–H groups in total. The first-order valence-corrected chi connectivity index (χ1v) is 9.49. The molecule has 8 nitrogen and oxygen atoms in total. The van der Waals surface area contributed by atoms with Crippen molar-refractivity contribution in [2.45, 2.75) is 38.3 Å². The van der Waals surface area contributed by atoms with Crippen LogP contribution in [0.15, 0.2) is 24.3 Å². The van der Waals surface area contributed by atoms with E-state index in [4.69, 9.17) is 0 Å². The summed E-state index contributed by atoms with van der Waals surface area (Å²) in [6.45, 7) is -0.0675. The molecule has 0 aromatic heterocycles. The Morgan fingerprint density at radius 1 is 1.00 bits per heavy atom. The number of nitrogens with zero attached hydrogens (tertiary/aromatic N) is 4. The monoisotopic (exact) mass is 386 g/mol. The summed E-state index contributed by atoms with van der Waals surface area (Å²) in [5.41, 5.74) is 1.99. The van der Waals surface area contributed by atoms with Crippen LogP contribution in [0.1, 0.15) is 31.2 Å². The Morgan fingerprint density at radius 3 is 2.18 bits per heavy atom. The number of rotatable bonds is 6. The molecular weight excluding hydrogens is 360 g/mol. The zero-order valence-electron chi connectivity index (χ0n) is 16.6. The predicted octanol–water partition coefficient (Wildman–Crippen LogP) is 1.44. The molecule has 150 valence electrons. The standard InChI is InChI=1S/C20H26N4O4/c1-21(2)15-10-8-14(9-11-15)12-22(3)17(25)13-23-18(26)19(27)24(20(23)28)16-6-4-5-7-16/h8-11,16H,4-7,12-13H2,1-3H3. The van der Waals surface area contributed by atoms with Gasteiger partial charge in [0.1, 0.15) is 6.54 Å². The van der Waals surface area contributed by atoms with Gasteiger partial charge in [0.2, 0.25) is 5.91 Å². The smallest absolute Gasteiger partial charge is 0.334 e. The van der Waals surface area contributed by atoms with Crippen molar-refractivity contribution in [3.63, 3.8) is 0 Å². The van der Waals surface area contributed by atoms with E-state index in [-0.39, 0.29) is 11.9 Å². The number of benzene rings is 1. The van der Waals surface area contributed by atoms with Gasteiger partial charge < -0.3 is 9.80 Å². The Hall–Kier alpha value is -2.90. The van der Waals surface area contributed by atoms with Gasteiger partial charge in [-0.1, -0.05) is 25.0 Å². The highest BCUT2D eigenvalue weighted by Crippen LogP contribution is 2.27. The van der Waals surface area contributed by atoms with Gasteiger partial charge in [-0.25, -0.2) is 9.69 Å². The molecule has 3 rings (SSSR count). The predicted molar refractivity (Wildman–Crippen MR) is 103 cm³/mol. The third kappa shape index (κ3) is 3.85. The Balaban J connectivity index is 1.62. The molecule has 1 aromatic carbocycles. The Bertz CT molecular complexity index is 784. The Kier molecular flexibility index (Phi) is 5.67. The fourth-order valence-electron chi connectivity index (χ4n) is 3.66. The lowest BCUT2D eigenvalue weighted by molar-refractivity contribution is -0.145. The van der Waals surface area contributed by atoms with Gasteiger partial charge in [0.25, 0.3) is 0 Å². The van der Waals surface area contributed by atoms with Crippen LogP contribution >= 0.6 is 0 Å². The summed E-state index contributed by atoms with van der Waals surface area (Å²) in [5, 5.41) is 0. The van der Waals surface area contributed by atoms with E-state index in [2.05, 4.69) is 0 Å². The molecule has 0 radical (unpaired) electrons. The second kappa shape index (κ2) is 8.00. The molecular formula is C20H26N4O4. The quantitative estimate of drug-likeness (QED) is 0.546. The van der Waals surface area contributed by atoms with Crippen LogP contribution in [0.5, 0.6) is 0 Å². The third-order valence-electron chi connectivity index (χ3n) is 5.37. The number of imide groups is 2. The first-order chi connectivity index (χ1) is 13.3. The van der Waals surface area contributed by atoms with E-state index in [1.165, 1.54) is 4.90 Å². The molecule has 2 fully saturated rings. The number of anilines is 1. The van der Waals surface area contributed by atoms with Crippen molar-refractivity contribution in [3.8, 4) is 0 Å². The van der Waals surface area contributed by atoms with Crippen LogP contribution < -0.4 is 4.90 Å². The van der Waals surface area contributed by atoms with E-state index in [1.54, 1.807) is 7.05 Å². The van der Waals surface area contributed by atoms with Gasteiger partial charge in [-0.15, -0.1) is 0 Å². The van der Waals surface area contributed by atoms with Crippen molar-refractivity contribution >= 4 is 29.4 Å². The molecule has 1 saturated heterocycles. The van der Waals surface area contributed by atoms with Crippen LogP contribution in [0.2, 0.25) is 0 Å². The van der Waals surface area contributed by atoms with E-state index >= 15 is 0 Å². The molecule has 0 bridgehead atoms. The summed E-state index contributed by atoms with van der Waals surface area (Å²) in [5.74, 6) is -2.11. The average Bonchev–Trinajstić information content (AvgIpc) is 3.25. The lowest BCUT2D eigenvalue weighted by atomic mass is 10.2. The molecule has 1 aliphatic carbocycles. The molecule has 8 heteroatoms. The maximum atomic E-state index is 12.6. The minimum absolute atomic E-state index is 0.225. The Morgan fingerprint density at radius 2 is 1.61 bits per heavy atom. The molecule has 0 atom stereocenters. The van der Waals surface area contributed by atoms with Crippen LogP contribution in [-0.4, -0.2) is 72.2 Å². The minimum Gasteiger partial charge on any atom is -0.378 e. The largest absolute Gasteiger partial charge is 0.378 e. The molecule has 5 amide bonds. The normalized spacial score (nSPS) is 17.6. The number of likely N-dealkylation sites (N-methyl/N-ethyl adjacent to an activating group) is 1. The van der Waals surface area contributed by atoms with Crippen LogP contribution in [-0.2, 0) is 20.9 Å². The topological polar surface area (TPSA) is 81.2 Å². The SMILES string of the molecule is CN(Cc1ccc(N(C)C)cc1)C(=O)CN1C(=O)C(=O)N(C2CCCC2)C1=O. The van der Waals surface area contributed by atoms with Crippen molar-refractivity contribution in [2.75, 3.05) is 32.6 Å². The minimum atomic E-state index is -0.908. The molecule has 0 unspecified atom stereocenters. The highest BCUT2D eigenvalue weighted by molar-refractivity contribution is 6.45. The van der Waals surface area contributed by atoms with Crippen LogP contribution in [0.4, 0.5) is 10.5 Å². The van der Waals surface area contributed by atoms with Gasteiger partial charge in [-0.2, -0.15) is 0 Å². The van der Waals surface area contributed by atoms with Gasteiger partial charge in [0.05, 0.1) is 0 Å². The molecule has 1 aliphatic heterocycles. The van der Waals surface area contributed by atoms with Crippen LogP contribution in [0, 0.1) is 0 Å². The third-order valence-corrected chi connectivity index (χ3v) is 5.37. The van der Waals surface area contributed by atoms with E-state index in [1.807, 2.05) is 43.3 Å². The van der Waals surface area contributed by atoms with E-state index in [0.29, 0.717) is 6.54 Å². The first-order valence-electron chi connectivity index (χ1n) is 9.49. The number of carbonyl (C=O) groups excluding carboxylic acids is 4. The summed E-state index contributed by atoms with van der Waals surface area (Å²) in [7, 11) is 5.51. The summed E-state index contributed by atoms with van der Waals surface area (Å²) in [6.07, 6.45) is 3.30. The van der Waals surface area contributed by atoms with E-state index in [0.717, 1.165) is 46.7 Å². The fraction of sp³-hybridized carbons (Fsp3) is 0.500. The average molecular weight is 386 g/mol. The van der Waals surface area contributed by atoms with Crippen molar-refractivity contribution < 1.29 is 19.2 Å². The highest BCUT2D eigenvalue weighted by atomic mass is 16.2. The Labute approximate surface area is 164 Å². The number of hydrogen-bond donors (Lipinski definition) is 0. The lowest BCUT2D eigenvalue weighted by Crippen LogP contribution is -2.43. The van der Waals surface area contributed by atoms with E-state index < -0.39 is 24.4 Å². The van der Waals surface area contributed by atoms with Gasteiger partial charge >= 0.3 is 17.8 Å². The van der Waals surface area contributed by atoms with Crippen molar-refractivity contribution in [3.05, 3.63) is 29.8 Å². The summed E-state index contributed by atoms with van der Waals surface area (Å²) in [6, 6.07) is 6.88. The molecule has 1 aromatic rings. The van der Waals surface area contributed by atoms with Crippen LogP contribution in [0.25, 0.3) is 0 Å². The molecule has 28 heavy (non-hydrogen) atoms. The summed E-state index contributed by atoms with van der Waals surface area (Å²) in [4.78, 5) is 54.8. The molecule has 0 spiro atoms. The second-order valence-electron chi connectivity index (χ2n) is 7.60. The van der Waals surface area contributed by atoms with Crippen LogP contribution in [0.3, 0.4) is 0 Å². The maximum absolute atomic E-state index is 12.6. The summed E-state index contributed by atoms with van der Waals surface area (Å²) < 4.78 is 0. The fourth-order valence-corrected chi connectivity index (χ4v) is 3.66. The highest BCUT2D eigenvalue weighted by Gasteiger charge is 2.48.